The molecule has 4 aliphatic rings. The first-order valence-corrected chi connectivity index (χ1v) is 25.9. The van der Waals surface area contributed by atoms with Gasteiger partial charge in [0.15, 0.2) is 6.29 Å². The molecule has 4 heterocycles. The lowest BCUT2D eigenvalue weighted by molar-refractivity contribution is -0.142. The van der Waals surface area contributed by atoms with Gasteiger partial charge in [0.05, 0.1) is 119 Å². The third-order valence-electron chi connectivity index (χ3n) is 13.1. The summed E-state index contributed by atoms with van der Waals surface area (Å²) in [5.74, 6) is 0.00159. The van der Waals surface area contributed by atoms with Gasteiger partial charge in [-0.1, -0.05) is 35.4 Å². The zero-order valence-corrected chi connectivity index (χ0v) is 43.7. The molecule has 0 spiro atoms. The van der Waals surface area contributed by atoms with Crippen molar-refractivity contribution in [1.29, 1.82) is 0 Å². The molecule has 2 fully saturated rings. The maximum absolute atomic E-state index is 13.7. The summed E-state index contributed by atoms with van der Waals surface area (Å²) in [7, 11) is 1.34. The average molecular weight is 1040 g/mol. The standard InChI is InChI=1S/C55H67N5O13S/c1-6-36-21-43-27-57-47-25-49(40(31-61)23-45(47)53(65)59(43)29-36)72-33-38-18-39(34-73-50-26-48-46(24-41(50)32-62)54(66)60-30-37(7-2)22-44(60)28-58-48)20-42(19-38)55(3,4)74-35-51(63)56-9-11-69-13-15-71-17-16-70-14-12-68-10-8-52(64)67-5/h6-7,18-20,23-28,31,43-44,62H,8-17,21-22,29-30,32-35H2,1-5H3,(H,56,63)/t43-,44-/m0/s1. The van der Waals surface area contributed by atoms with Crippen LogP contribution in [-0.2, 0) is 57.8 Å². The third kappa shape index (κ3) is 14.5. The number of rotatable bonds is 27. The van der Waals surface area contributed by atoms with Crippen molar-refractivity contribution in [3.63, 3.8) is 0 Å². The predicted octanol–water partition coefficient (Wildman–Crippen LogP) is 6.62. The van der Waals surface area contributed by atoms with Gasteiger partial charge < -0.3 is 53.4 Å². The highest BCUT2D eigenvalue weighted by Crippen LogP contribution is 2.40. The van der Waals surface area contributed by atoms with E-state index in [0.29, 0.717) is 112 Å². The number of amides is 3. The second-order valence-electron chi connectivity index (χ2n) is 18.6. The molecular weight excluding hydrogens is 971 g/mol. The third-order valence-corrected chi connectivity index (χ3v) is 14.5. The number of thioether (sulfide) groups is 1. The fraction of sp³-hybridized carbons (Fsp3) is 0.473. The van der Waals surface area contributed by atoms with Gasteiger partial charge in [0.25, 0.3) is 11.8 Å². The van der Waals surface area contributed by atoms with Crippen molar-refractivity contribution in [2.24, 2.45) is 9.98 Å². The molecule has 3 aromatic carbocycles. The molecule has 0 bridgehead atoms. The number of aldehydes is 1. The van der Waals surface area contributed by atoms with E-state index in [4.69, 9.17) is 33.4 Å². The number of esters is 1. The van der Waals surface area contributed by atoms with Crippen LogP contribution in [0.25, 0.3) is 0 Å². The quantitative estimate of drug-likeness (QED) is 0.0356. The van der Waals surface area contributed by atoms with Crippen LogP contribution in [0.2, 0.25) is 0 Å². The van der Waals surface area contributed by atoms with Crippen LogP contribution in [0.1, 0.15) is 100 Å². The highest BCUT2D eigenvalue weighted by Gasteiger charge is 2.36. The molecule has 3 amide bonds. The second-order valence-corrected chi connectivity index (χ2v) is 20.2. The number of aliphatic hydroxyl groups excluding tert-OH is 1. The zero-order valence-electron chi connectivity index (χ0n) is 42.9. The van der Waals surface area contributed by atoms with Gasteiger partial charge in [0, 0.05) is 54.5 Å². The number of hydrogen-bond donors (Lipinski definition) is 2. The SMILES string of the molecule is CC=C1C[C@H]2C=Nc3cc(OCc4cc(COc5cc6c(cc5CO)C(=O)N5CC(=CC)C[C@H]5C=N6)cc(C(C)(C)SCC(=O)NCCOCCOCCOCCOCCC(=O)OC)c4)c(C=O)cc3C(=O)N2C1. The van der Waals surface area contributed by atoms with E-state index in [-0.39, 0.29) is 85.7 Å². The monoisotopic (exact) mass is 1040 g/mol. The number of aliphatic imine (C=N–C) groups is 2. The Labute approximate surface area is 436 Å². The summed E-state index contributed by atoms with van der Waals surface area (Å²) in [5, 5.41) is 13.4. The Hall–Kier alpha value is -6.22. The number of nitrogens with one attached hydrogen (secondary N) is 1. The minimum Gasteiger partial charge on any atom is -0.488 e. The molecule has 3 aromatic rings. The summed E-state index contributed by atoms with van der Waals surface area (Å²) in [5.41, 5.74) is 7.00. The van der Waals surface area contributed by atoms with E-state index < -0.39 is 4.75 Å². The largest absolute Gasteiger partial charge is 0.488 e. The lowest BCUT2D eigenvalue weighted by Gasteiger charge is -2.26. The van der Waals surface area contributed by atoms with Crippen LogP contribution < -0.4 is 14.8 Å². The molecule has 0 radical (unpaired) electrons. The van der Waals surface area contributed by atoms with Crippen molar-refractivity contribution in [3.8, 4) is 11.5 Å². The Bertz CT molecular complexity index is 2650. The van der Waals surface area contributed by atoms with Crippen molar-refractivity contribution < 1.29 is 62.2 Å². The summed E-state index contributed by atoms with van der Waals surface area (Å²) in [6, 6.07) is 12.1. The van der Waals surface area contributed by atoms with Crippen molar-refractivity contribution in [2.45, 2.75) is 83.6 Å². The number of fused-ring (bicyclic) bond motifs is 4. The van der Waals surface area contributed by atoms with E-state index in [1.807, 2.05) is 58.0 Å². The molecule has 2 atom stereocenters. The van der Waals surface area contributed by atoms with Gasteiger partial charge in [0.1, 0.15) is 24.7 Å². The normalized spacial score (nSPS) is 18.0. The van der Waals surface area contributed by atoms with Gasteiger partial charge in [-0.3, -0.25) is 34.0 Å². The van der Waals surface area contributed by atoms with E-state index in [1.54, 1.807) is 46.5 Å². The number of carbonyl (C=O) groups is 5. The highest BCUT2D eigenvalue weighted by atomic mass is 32.2. The number of methoxy groups -OCH3 is 1. The first-order valence-electron chi connectivity index (χ1n) is 24.9. The van der Waals surface area contributed by atoms with Gasteiger partial charge >= 0.3 is 5.97 Å². The summed E-state index contributed by atoms with van der Waals surface area (Å²) in [4.78, 5) is 77.1. The average Bonchev–Trinajstić information content (AvgIpc) is 3.98. The minimum absolute atomic E-state index is 0.0397. The molecule has 2 saturated heterocycles. The molecule has 74 heavy (non-hydrogen) atoms. The van der Waals surface area contributed by atoms with E-state index in [9.17, 15) is 29.1 Å². The molecular formula is C55H67N5O13S. The van der Waals surface area contributed by atoms with Crippen LogP contribution in [0.4, 0.5) is 11.4 Å². The zero-order chi connectivity index (χ0) is 52.6. The number of ether oxygens (including phenoxy) is 7. The Kier molecular flexibility index (Phi) is 20.1. The Morgan fingerprint density at radius 3 is 1.81 bits per heavy atom. The Morgan fingerprint density at radius 2 is 1.27 bits per heavy atom. The maximum Gasteiger partial charge on any atom is 0.307 e. The van der Waals surface area contributed by atoms with Crippen LogP contribution >= 0.6 is 11.8 Å². The number of nitrogens with zero attached hydrogens (tertiary/aromatic N) is 4. The number of benzene rings is 3. The van der Waals surface area contributed by atoms with Gasteiger partial charge in [-0.05, 0) is 75.4 Å². The first-order chi connectivity index (χ1) is 35.8. The van der Waals surface area contributed by atoms with Crippen LogP contribution in [-0.4, -0.2) is 155 Å². The van der Waals surface area contributed by atoms with Crippen molar-refractivity contribution >= 4 is 65.5 Å². The van der Waals surface area contributed by atoms with E-state index >= 15 is 0 Å². The van der Waals surface area contributed by atoms with Gasteiger partial charge in [-0.2, -0.15) is 0 Å². The molecule has 396 valence electrons. The first kappa shape index (κ1) is 55.5. The van der Waals surface area contributed by atoms with E-state index in [0.717, 1.165) is 28.7 Å². The number of carbonyl (C=O) groups excluding carboxylic acids is 5. The lowest BCUT2D eigenvalue weighted by atomic mass is 9.97. The molecule has 19 heteroatoms. The fourth-order valence-electron chi connectivity index (χ4n) is 8.82. The van der Waals surface area contributed by atoms with E-state index in [1.165, 1.54) is 24.4 Å². The molecule has 2 N–H and O–H groups in total. The van der Waals surface area contributed by atoms with E-state index in [2.05, 4.69) is 15.0 Å². The summed E-state index contributed by atoms with van der Waals surface area (Å²) < 4.78 is 38.7. The summed E-state index contributed by atoms with van der Waals surface area (Å²) in [6.45, 7) is 11.9. The highest BCUT2D eigenvalue weighted by molar-refractivity contribution is 8.00. The van der Waals surface area contributed by atoms with Crippen molar-refractivity contribution in [2.75, 3.05) is 85.4 Å². The van der Waals surface area contributed by atoms with Crippen LogP contribution in [0.15, 0.2) is 75.7 Å². The van der Waals surface area contributed by atoms with Crippen LogP contribution in [0.5, 0.6) is 11.5 Å². The lowest BCUT2D eigenvalue weighted by Crippen LogP contribution is -2.35. The molecule has 0 saturated carbocycles. The second kappa shape index (κ2) is 26.8. The summed E-state index contributed by atoms with van der Waals surface area (Å²) >= 11 is 1.46. The summed E-state index contributed by atoms with van der Waals surface area (Å²) in [6.07, 6.45) is 9.94. The number of aliphatic hydroxyl groups is 1. The fourth-order valence-corrected chi connectivity index (χ4v) is 9.70. The molecule has 0 unspecified atom stereocenters. The Balaban J connectivity index is 0.983. The van der Waals surface area contributed by atoms with Crippen LogP contribution in [0, 0.1) is 0 Å². The molecule has 4 aliphatic heterocycles. The molecule has 18 nitrogen and oxygen atoms in total. The maximum atomic E-state index is 13.7. The molecule has 0 aromatic heterocycles. The van der Waals surface area contributed by atoms with Crippen molar-refractivity contribution in [3.05, 3.63) is 105 Å². The number of hydrogen-bond acceptors (Lipinski definition) is 16. The van der Waals surface area contributed by atoms with Crippen molar-refractivity contribution in [1.82, 2.24) is 15.1 Å². The molecule has 0 aliphatic carbocycles. The van der Waals surface area contributed by atoms with Gasteiger partial charge in [-0.25, -0.2) is 0 Å². The minimum atomic E-state index is -0.597. The number of allylic oxidation sites excluding steroid dienone is 2. The Morgan fingerprint density at radius 1 is 0.743 bits per heavy atom. The van der Waals surface area contributed by atoms with Gasteiger partial charge in [-0.15, -0.1) is 11.8 Å². The topological polar surface area (TPSA) is 213 Å². The van der Waals surface area contributed by atoms with Crippen LogP contribution in [0.3, 0.4) is 0 Å². The molecule has 7 rings (SSSR count). The predicted molar refractivity (Wildman–Crippen MR) is 280 cm³/mol. The van der Waals surface area contributed by atoms with Gasteiger partial charge in [0.2, 0.25) is 5.91 Å². The smallest absolute Gasteiger partial charge is 0.307 e.